The Balaban J connectivity index is 1.88. The lowest BCUT2D eigenvalue weighted by Gasteiger charge is -2.30. The zero-order valence-corrected chi connectivity index (χ0v) is 19.9. The number of aryl methyl sites for hydroxylation is 1. The second kappa shape index (κ2) is 11.3. The van der Waals surface area contributed by atoms with Crippen molar-refractivity contribution < 1.29 is 0 Å². The molecule has 2 heterocycles. The summed E-state index contributed by atoms with van der Waals surface area (Å²) in [5, 5.41) is 0. The van der Waals surface area contributed by atoms with Gasteiger partial charge in [0.05, 0.1) is 11.7 Å². The van der Waals surface area contributed by atoms with E-state index in [1.807, 2.05) is 18.5 Å². The minimum atomic E-state index is 0.935. The summed E-state index contributed by atoms with van der Waals surface area (Å²) in [6.45, 7) is 17.5. The maximum Gasteiger partial charge on any atom is 0.141 e. The molecule has 3 rings (SSSR count). The molecule has 0 unspecified atom stereocenters. The van der Waals surface area contributed by atoms with E-state index in [0.29, 0.717) is 0 Å². The number of likely N-dealkylation sites (N-methyl/N-ethyl adjacent to an activating group) is 2. The maximum atomic E-state index is 4.85. The van der Waals surface area contributed by atoms with E-state index >= 15 is 0 Å². The van der Waals surface area contributed by atoms with E-state index in [2.05, 4.69) is 83.3 Å². The Kier molecular flexibility index (Phi) is 8.43. The van der Waals surface area contributed by atoms with E-state index in [1.165, 1.54) is 5.69 Å². The van der Waals surface area contributed by atoms with Gasteiger partial charge < -0.3 is 19.3 Å². The Hall–Kier alpha value is -2.44. The molecule has 0 aliphatic rings. The molecule has 0 aliphatic heterocycles. The highest BCUT2D eigenvalue weighted by Gasteiger charge is 2.14. The van der Waals surface area contributed by atoms with Crippen LogP contribution in [-0.2, 0) is 7.05 Å². The van der Waals surface area contributed by atoms with Crippen molar-refractivity contribution in [2.45, 2.75) is 27.7 Å². The Labute approximate surface area is 187 Å². The second-order valence-corrected chi connectivity index (χ2v) is 7.95. The van der Waals surface area contributed by atoms with Gasteiger partial charge in [-0.2, -0.15) is 0 Å². The SMILES string of the molecule is CCN(CC)CCN(CCN(CC)CC)c1cccc(-c2nc3cnccc3n2C)c1. The van der Waals surface area contributed by atoms with Crippen LogP contribution in [0.1, 0.15) is 27.7 Å². The van der Waals surface area contributed by atoms with Gasteiger partial charge in [0.2, 0.25) is 0 Å². The number of benzene rings is 1. The first kappa shape index (κ1) is 23.2. The molecule has 1 aromatic carbocycles. The molecule has 0 spiro atoms. The van der Waals surface area contributed by atoms with Gasteiger partial charge in [-0.3, -0.25) is 4.98 Å². The molecule has 0 atom stereocenters. The zero-order chi connectivity index (χ0) is 22.2. The Bertz CT molecular complexity index is 926. The number of nitrogens with zero attached hydrogens (tertiary/aromatic N) is 6. The second-order valence-electron chi connectivity index (χ2n) is 7.95. The number of imidazole rings is 1. The molecule has 0 saturated heterocycles. The van der Waals surface area contributed by atoms with E-state index in [9.17, 15) is 0 Å². The summed E-state index contributed by atoms with van der Waals surface area (Å²) in [6, 6.07) is 10.9. The fourth-order valence-electron chi connectivity index (χ4n) is 4.13. The molecule has 0 amide bonds. The lowest BCUT2D eigenvalue weighted by Crippen LogP contribution is -2.40. The van der Waals surface area contributed by atoms with Gasteiger partial charge in [-0.05, 0) is 44.4 Å². The molecule has 0 radical (unpaired) electrons. The average molecular weight is 423 g/mol. The van der Waals surface area contributed by atoms with Crippen molar-refractivity contribution >= 4 is 16.7 Å². The molecule has 6 nitrogen and oxygen atoms in total. The van der Waals surface area contributed by atoms with Gasteiger partial charge in [0.15, 0.2) is 0 Å². The maximum absolute atomic E-state index is 4.85. The summed E-state index contributed by atoms with van der Waals surface area (Å²) >= 11 is 0. The Morgan fingerprint density at radius 3 is 2.06 bits per heavy atom. The van der Waals surface area contributed by atoms with Crippen LogP contribution in [0.5, 0.6) is 0 Å². The number of pyridine rings is 1. The monoisotopic (exact) mass is 422 g/mol. The van der Waals surface area contributed by atoms with Crippen LogP contribution in [0.15, 0.2) is 42.7 Å². The van der Waals surface area contributed by atoms with Crippen molar-refractivity contribution in [3.05, 3.63) is 42.7 Å². The summed E-state index contributed by atoms with van der Waals surface area (Å²) in [7, 11) is 2.08. The molecule has 6 heteroatoms. The number of hydrogen-bond donors (Lipinski definition) is 0. The molecule has 3 aromatic rings. The van der Waals surface area contributed by atoms with Gasteiger partial charge in [-0.15, -0.1) is 0 Å². The summed E-state index contributed by atoms with van der Waals surface area (Å²) < 4.78 is 2.16. The van der Waals surface area contributed by atoms with Crippen molar-refractivity contribution in [1.29, 1.82) is 0 Å². The molecule has 2 aromatic heterocycles. The number of anilines is 1. The summed E-state index contributed by atoms with van der Waals surface area (Å²) in [5.74, 6) is 0.984. The van der Waals surface area contributed by atoms with Crippen molar-refractivity contribution in [2.24, 2.45) is 7.05 Å². The van der Waals surface area contributed by atoms with Gasteiger partial charge in [0.1, 0.15) is 11.3 Å². The highest BCUT2D eigenvalue weighted by Crippen LogP contribution is 2.26. The van der Waals surface area contributed by atoms with Gasteiger partial charge in [-0.1, -0.05) is 39.8 Å². The first-order valence-corrected chi connectivity index (χ1v) is 11.7. The van der Waals surface area contributed by atoms with Gasteiger partial charge in [0, 0.05) is 50.7 Å². The average Bonchev–Trinajstić information content (AvgIpc) is 3.15. The van der Waals surface area contributed by atoms with E-state index in [1.54, 1.807) is 0 Å². The van der Waals surface area contributed by atoms with Crippen molar-refractivity contribution in [2.75, 3.05) is 57.3 Å². The fraction of sp³-hybridized carbons (Fsp3) is 0.520. The first-order chi connectivity index (χ1) is 15.1. The van der Waals surface area contributed by atoms with Crippen LogP contribution >= 0.6 is 0 Å². The molecular weight excluding hydrogens is 384 g/mol. The fourth-order valence-corrected chi connectivity index (χ4v) is 4.13. The van der Waals surface area contributed by atoms with Crippen LogP contribution in [0.25, 0.3) is 22.4 Å². The largest absolute Gasteiger partial charge is 0.369 e. The van der Waals surface area contributed by atoms with E-state index in [-0.39, 0.29) is 0 Å². The lowest BCUT2D eigenvalue weighted by molar-refractivity contribution is 0.294. The molecule has 0 bridgehead atoms. The number of aromatic nitrogens is 3. The summed E-state index contributed by atoms with van der Waals surface area (Å²) in [5.41, 5.74) is 4.45. The minimum Gasteiger partial charge on any atom is -0.369 e. The molecule has 0 aliphatic carbocycles. The quantitative estimate of drug-likeness (QED) is 0.439. The van der Waals surface area contributed by atoms with Gasteiger partial charge in [0.25, 0.3) is 0 Å². The first-order valence-electron chi connectivity index (χ1n) is 11.7. The van der Waals surface area contributed by atoms with E-state index < -0.39 is 0 Å². The summed E-state index contributed by atoms with van der Waals surface area (Å²) in [6.07, 6.45) is 3.66. The molecule has 168 valence electrons. The van der Waals surface area contributed by atoms with Crippen LogP contribution in [0, 0.1) is 0 Å². The third-order valence-electron chi connectivity index (χ3n) is 6.31. The van der Waals surface area contributed by atoms with Crippen molar-refractivity contribution in [1.82, 2.24) is 24.3 Å². The van der Waals surface area contributed by atoms with Crippen LogP contribution in [-0.4, -0.2) is 76.7 Å². The normalized spacial score (nSPS) is 11.7. The standard InChI is InChI=1S/C25H38N6/c1-6-29(7-2)15-17-31(18-16-30(8-3)9-4)22-12-10-11-21(19-22)25-27-23-20-26-14-13-24(23)28(25)5/h10-14,19-20H,6-9,15-18H2,1-5H3. The number of hydrogen-bond acceptors (Lipinski definition) is 5. The summed E-state index contributed by atoms with van der Waals surface area (Å²) in [4.78, 5) is 16.6. The topological polar surface area (TPSA) is 40.4 Å². The van der Waals surface area contributed by atoms with E-state index in [4.69, 9.17) is 4.98 Å². The smallest absolute Gasteiger partial charge is 0.141 e. The van der Waals surface area contributed by atoms with Gasteiger partial charge >= 0.3 is 0 Å². The molecule has 0 fully saturated rings. The van der Waals surface area contributed by atoms with E-state index in [0.717, 1.165) is 74.8 Å². The highest BCUT2D eigenvalue weighted by atomic mass is 15.2. The van der Waals surface area contributed by atoms with Crippen LogP contribution in [0.2, 0.25) is 0 Å². The highest BCUT2D eigenvalue weighted by molar-refractivity contribution is 5.80. The zero-order valence-electron chi connectivity index (χ0n) is 19.9. The molecule has 0 N–H and O–H groups in total. The third-order valence-corrected chi connectivity index (χ3v) is 6.31. The van der Waals surface area contributed by atoms with Crippen LogP contribution in [0.3, 0.4) is 0 Å². The van der Waals surface area contributed by atoms with Crippen molar-refractivity contribution in [3.8, 4) is 11.4 Å². The Morgan fingerprint density at radius 1 is 0.839 bits per heavy atom. The number of fused-ring (bicyclic) bond motifs is 1. The van der Waals surface area contributed by atoms with Crippen LogP contribution in [0.4, 0.5) is 5.69 Å². The minimum absolute atomic E-state index is 0.935. The van der Waals surface area contributed by atoms with Crippen molar-refractivity contribution in [3.63, 3.8) is 0 Å². The predicted molar refractivity (Wildman–Crippen MR) is 132 cm³/mol. The predicted octanol–water partition coefficient (Wildman–Crippen LogP) is 4.13. The van der Waals surface area contributed by atoms with Gasteiger partial charge in [-0.25, -0.2) is 4.98 Å². The molecular formula is C25H38N6. The molecule has 0 saturated carbocycles. The third kappa shape index (κ3) is 5.63. The number of rotatable bonds is 12. The van der Waals surface area contributed by atoms with Crippen LogP contribution < -0.4 is 4.90 Å². The molecule has 31 heavy (non-hydrogen) atoms. The Morgan fingerprint density at radius 2 is 1.48 bits per heavy atom. The lowest BCUT2D eigenvalue weighted by atomic mass is 10.1.